The molecular weight excluding hydrogens is 362 g/mol. The second kappa shape index (κ2) is 9.79. The summed E-state index contributed by atoms with van der Waals surface area (Å²) in [5, 5.41) is 3.18. The minimum Gasteiger partial charge on any atom is -0.492 e. The molecule has 3 rings (SSSR count). The molecule has 2 aromatic rings. The van der Waals surface area contributed by atoms with Crippen molar-refractivity contribution in [1.29, 1.82) is 0 Å². The van der Waals surface area contributed by atoms with Crippen molar-refractivity contribution in [2.24, 2.45) is 0 Å². The van der Waals surface area contributed by atoms with Gasteiger partial charge in [-0.05, 0) is 43.0 Å². The number of aryl methyl sites for hydroxylation is 1. The summed E-state index contributed by atoms with van der Waals surface area (Å²) in [6, 6.07) is 14.4. The van der Waals surface area contributed by atoms with Crippen LogP contribution in [0.2, 0.25) is 0 Å². The third-order valence-electron chi connectivity index (χ3n) is 5.58. The fourth-order valence-electron chi connectivity index (χ4n) is 3.99. The predicted octanol–water partition coefficient (Wildman–Crippen LogP) is 2.86. The largest absolute Gasteiger partial charge is 0.492 e. The Kier molecular flexibility index (Phi) is 7.15. The third kappa shape index (κ3) is 5.30. The van der Waals surface area contributed by atoms with E-state index < -0.39 is 0 Å². The van der Waals surface area contributed by atoms with Gasteiger partial charge in [0, 0.05) is 5.69 Å². The van der Waals surface area contributed by atoms with Gasteiger partial charge in [-0.15, -0.1) is 0 Å². The third-order valence-corrected chi connectivity index (χ3v) is 5.58. The molecule has 5 heteroatoms. The van der Waals surface area contributed by atoms with Gasteiger partial charge in [0.05, 0.1) is 38.5 Å². The van der Waals surface area contributed by atoms with Crippen molar-refractivity contribution in [2.75, 3.05) is 49.5 Å². The van der Waals surface area contributed by atoms with Gasteiger partial charge in [0.25, 0.3) is 5.91 Å². The molecule has 0 bridgehead atoms. The lowest BCUT2D eigenvalue weighted by Crippen LogP contribution is -3.15. The van der Waals surface area contributed by atoms with Crippen LogP contribution in [0.25, 0.3) is 0 Å². The van der Waals surface area contributed by atoms with Crippen LogP contribution in [-0.2, 0) is 4.79 Å². The van der Waals surface area contributed by atoms with Gasteiger partial charge in [0.15, 0.2) is 6.54 Å². The highest BCUT2D eigenvalue weighted by Crippen LogP contribution is 2.28. The first kappa shape index (κ1) is 21.2. The van der Waals surface area contributed by atoms with Crippen molar-refractivity contribution in [3.8, 4) is 5.75 Å². The average molecular weight is 397 g/mol. The summed E-state index contributed by atoms with van der Waals surface area (Å²) in [7, 11) is 0. The Balaban J connectivity index is 1.57. The van der Waals surface area contributed by atoms with E-state index in [1.807, 2.05) is 19.1 Å². The molecule has 1 fully saturated rings. The lowest BCUT2D eigenvalue weighted by molar-refractivity contribution is -0.892. The molecule has 0 saturated carbocycles. The number of nitrogens with one attached hydrogen (secondary N) is 2. The number of amides is 1. The van der Waals surface area contributed by atoms with E-state index in [1.165, 1.54) is 10.5 Å². The molecule has 1 heterocycles. The number of carbonyl (C=O) groups excluding carboxylic acids is 1. The smallest absolute Gasteiger partial charge is 0.279 e. The minimum absolute atomic E-state index is 0.0966. The molecule has 0 unspecified atom stereocenters. The molecule has 0 radical (unpaired) electrons. The minimum atomic E-state index is 0.0966. The van der Waals surface area contributed by atoms with E-state index in [1.54, 1.807) is 0 Å². The first-order valence-corrected chi connectivity index (χ1v) is 10.7. The van der Waals surface area contributed by atoms with Crippen LogP contribution in [0.3, 0.4) is 0 Å². The molecule has 156 valence electrons. The standard InChI is InChI=1S/C24H33N3O2/c1-5-29-22-12-7-6-11-21(22)27-15-13-26(14-16-27)17-23(28)25-24-19(4)9-8-10-20(24)18(2)3/h6-12,18H,5,13-17H2,1-4H3,(H,25,28)/p+1. The van der Waals surface area contributed by atoms with E-state index in [0.717, 1.165) is 48.9 Å². The number of piperazine rings is 1. The molecule has 29 heavy (non-hydrogen) atoms. The quantitative estimate of drug-likeness (QED) is 0.757. The summed E-state index contributed by atoms with van der Waals surface area (Å²) >= 11 is 0. The number of quaternary nitrogens is 1. The van der Waals surface area contributed by atoms with Crippen LogP contribution in [0.5, 0.6) is 5.75 Å². The Bertz CT molecular complexity index is 827. The molecule has 1 aliphatic heterocycles. The number of carbonyl (C=O) groups is 1. The second-order valence-electron chi connectivity index (χ2n) is 8.06. The predicted molar refractivity (Wildman–Crippen MR) is 119 cm³/mol. The zero-order valence-corrected chi connectivity index (χ0v) is 18.1. The maximum Gasteiger partial charge on any atom is 0.279 e. The zero-order chi connectivity index (χ0) is 20.8. The Hall–Kier alpha value is -2.53. The summed E-state index contributed by atoms with van der Waals surface area (Å²) < 4.78 is 5.78. The number of anilines is 2. The molecule has 2 aromatic carbocycles. The first-order chi connectivity index (χ1) is 14.0. The molecular formula is C24H34N3O2+. The molecule has 5 nitrogen and oxygen atoms in total. The topological polar surface area (TPSA) is 46.0 Å². The lowest BCUT2D eigenvalue weighted by atomic mass is 9.98. The lowest BCUT2D eigenvalue weighted by Gasteiger charge is -2.34. The Morgan fingerprint density at radius 2 is 1.86 bits per heavy atom. The number of para-hydroxylation sites is 3. The van der Waals surface area contributed by atoms with E-state index in [9.17, 15) is 4.79 Å². The van der Waals surface area contributed by atoms with Crippen LogP contribution in [-0.4, -0.2) is 45.2 Å². The second-order valence-corrected chi connectivity index (χ2v) is 8.06. The van der Waals surface area contributed by atoms with Crippen LogP contribution in [0.4, 0.5) is 11.4 Å². The molecule has 1 aliphatic rings. The highest BCUT2D eigenvalue weighted by atomic mass is 16.5. The van der Waals surface area contributed by atoms with E-state index in [-0.39, 0.29) is 5.91 Å². The van der Waals surface area contributed by atoms with Gasteiger partial charge in [-0.25, -0.2) is 0 Å². The van der Waals surface area contributed by atoms with Gasteiger partial charge in [0.1, 0.15) is 5.75 Å². The van der Waals surface area contributed by atoms with Crippen LogP contribution in [0.15, 0.2) is 42.5 Å². The van der Waals surface area contributed by atoms with Crippen LogP contribution < -0.4 is 19.9 Å². The van der Waals surface area contributed by atoms with Crippen LogP contribution in [0, 0.1) is 6.92 Å². The Labute approximate surface area is 174 Å². The fourth-order valence-corrected chi connectivity index (χ4v) is 3.99. The van der Waals surface area contributed by atoms with Gasteiger partial charge in [-0.1, -0.05) is 44.2 Å². The maximum atomic E-state index is 12.7. The van der Waals surface area contributed by atoms with E-state index in [2.05, 4.69) is 61.3 Å². The summed E-state index contributed by atoms with van der Waals surface area (Å²) in [6.07, 6.45) is 0. The van der Waals surface area contributed by atoms with Gasteiger partial charge in [-0.2, -0.15) is 0 Å². The number of rotatable bonds is 7. The zero-order valence-electron chi connectivity index (χ0n) is 18.1. The molecule has 0 aromatic heterocycles. The highest BCUT2D eigenvalue weighted by molar-refractivity contribution is 5.93. The average Bonchev–Trinajstić information content (AvgIpc) is 2.71. The molecule has 1 amide bonds. The van der Waals surface area contributed by atoms with Gasteiger partial charge < -0.3 is 19.9 Å². The Morgan fingerprint density at radius 1 is 1.14 bits per heavy atom. The van der Waals surface area contributed by atoms with Crippen molar-refractivity contribution in [3.63, 3.8) is 0 Å². The molecule has 0 atom stereocenters. The molecule has 1 saturated heterocycles. The maximum absolute atomic E-state index is 12.7. The number of ether oxygens (including phenoxy) is 1. The SMILES string of the molecule is CCOc1ccccc1N1CC[NH+](CC(=O)Nc2c(C)cccc2C(C)C)CC1. The highest BCUT2D eigenvalue weighted by Gasteiger charge is 2.24. The summed E-state index contributed by atoms with van der Waals surface area (Å²) in [5.74, 6) is 1.42. The van der Waals surface area contributed by atoms with Crippen molar-refractivity contribution < 1.29 is 14.4 Å². The van der Waals surface area contributed by atoms with Crippen molar-refractivity contribution in [3.05, 3.63) is 53.6 Å². The van der Waals surface area contributed by atoms with Gasteiger partial charge >= 0.3 is 0 Å². The molecule has 0 spiro atoms. The van der Waals surface area contributed by atoms with E-state index in [0.29, 0.717) is 19.1 Å². The monoisotopic (exact) mass is 396 g/mol. The summed E-state index contributed by atoms with van der Waals surface area (Å²) in [4.78, 5) is 16.4. The van der Waals surface area contributed by atoms with Crippen molar-refractivity contribution in [2.45, 2.75) is 33.6 Å². The Morgan fingerprint density at radius 3 is 2.55 bits per heavy atom. The normalized spacial score (nSPS) is 14.9. The number of hydrogen-bond donors (Lipinski definition) is 2. The summed E-state index contributed by atoms with van der Waals surface area (Å²) in [6.45, 7) is 13.3. The summed E-state index contributed by atoms with van der Waals surface area (Å²) in [5.41, 5.74) is 4.46. The first-order valence-electron chi connectivity index (χ1n) is 10.7. The molecule has 0 aliphatic carbocycles. The number of benzene rings is 2. The molecule has 2 N–H and O–H groups in total. The van der Waals surface area contributed by atoms with Crippen LogP contribution >= 0.6 is 0 Å². The number of hydrogen-bond acceptors (Lipinski definition) is 3. The van der Waals surface area contributed by atoms with Crippen molar-refractivity contribution in [1.82, 2.24) is 0 Å². The van der Waals surface area contributed by atoms with Crippen molar-refractivity contribution >= 4 is 17.3 Å². The van der Waals surface area contributed by atoms with Crippen LogP contribution in [0.1, 0.15) is 37.8 Å². The number of nitrogens with zero attached hydrogens (tertiary/aromatic N) is 1. The fraction of sp³-hybridized carbons (Fsp3) is 0.458. The van der Waals surface area contributed by atoms with Gasteiger partial charge in [0.2, 0.25) is 0 Å². The van der Waals surface area contributed by atoms with E-state index in [4.69, 9.17) is 4.74 Å². The van der Waals surface area contributed by atoms with E-state index >= 15 is 0 Å². The van der Waals surface area contributed by atoms with Gasteiger partial charge in [-0.3, -0.25) is 4.79 Å².